The van der Waals surface area contributed by atoms with Crippen LogP contribution in [0.15, 0.2) is 22.7 Å². The fourth-order valence-corrected chi connectivity index (χ4v) is 1.80. The number of nitrogens with two attached hydrogens (primary N) is 1. The average molecular weight is 300 g/mol. The van der Waals surface area contributed by atoms with E-state index in [4.69, 9.17) is 26.6 Å². The van der Waals surface area contributed by atoms with E-state index < -0.39 is 11.9 Å². The Balaban J connectivity index is 2.14. The molecule has 0 aliphatic heterocycles. The molecule has 0 amide bonds. The van der Waals surface area contributed by atoms with Gasteiger partial charge in [0.05, 0.1) is 23.2 Å². The van der Waals surface area contributed by atoms with Crippen molar-refractivity contribution in [3.8, 4) is 11.5 Å². The van der Waals surface area contributed by atoms with Gasteiger partial charge in [0.1, 0.15) is 5.82 Å². The highest BCUT2D eigenvalue weighted by atomic mass is 35.5. The molecule has 0 fully saturated rings. The summed E-state index contributed by atoms with van der Waals surface area (Å²) in [4.78, 5) is 4.13. The number of benzene rings is 1. The van der Waals surface area contributed by atoms with Crippen LogP contribution in [0, 0.1) is 5.82 Å². The lowest BCUT2D eigenvalue weighted by Crippen LogP contribution is -2.18. The van der Waals surface area contributed by atoms with Crippen LogP contribution in [0.25, 0.3) is 11.5 Å². The minimum absolute atomic E-state index is 0.0569. The predicted octanol–water partition coefficient (Wildman–Crippen LogP) is 2.96. The van der Waals surface area contributed by atoms with E-state index >= 15 is 0 Å². The highest BCUT2D eigenvalue weighted by Crippen LogP contribution is 2.29. The molecule has 7 heteroatoms. The van der Waals surface area contributed by atoms with Crippen LogP contribution >= 0.6 is 11.6 Å². The summed E-state index contributed by atoms with van der Waals surface area (Å²) in [6, 6.07) is 3.88. The molecule has 0 saturated heterocycles. The Morgan fingerprint density at radius 2 is 2.30 bits per heavy atom. The second kappa shape index (κ2) is 6.78. The van der Waals surface area contributed by atoms with Crippen LogP contribution < -0.4 is 5.73 Å². The average Bonchev–Trinajstić information content (AvgIpc) is 2.91. The van der Waals surface area contributed by atoms with Crippen molar-refractivity contribution in [2.45, 2.75) is 19.4 Å². The predicted molar refractivity (Wildman–Crippen MR) is 72.7 cm³/mol. The van der Waals surface area contributed by atoms with E-state index in [1.54, 1.807) is 6.07 Å². The molecule has 1 aromatic heterocycles. The van der Waals surface area contributed by atoms with Crippen molar-refractivity contribution in [3.05, 3.63) is 34.9 Å². The van der Waals surface area contributed by atoms with Gasteiger partial charge in [-0.2, -0.15) is 4.98 Å². The Labute approximate surface area is 120 Å². The summed E-state index contributed by atoms with van der Waals surface area (Å²) in [6.07, 6.45) is 0.906. The van der Waals surface area contributed by atoms with E-state index in [0.29, 0.717) is 24.6 Å². The summed E-state index contributed by atoms with van der Waals surface area (Å²) in [6.45, 7) is 2.92. The number of rotatable bonds is 6. The Hall–Kier alpha value is -1.50. The highest BCUT2D eigenvalue weighted by Gasteiger charge is 2.18. The van der Waals surface area contributed by atoms with E-state index in [0.717, 1.165) is 6.42 Å². The van der Waals surface area contributed by atoms with Crippen molar-refractivity contribution in [2.75, 3.05) is 13.2 Å². The molecule has 2 rings (SSSR count). The molecule has 1 heterocycles. The second-order valence-corrected chi connectivity index (χ2v) is 4.62. The zero-order chi connectivity index (χ0) is 14.5. The van der Waals surface area contributed by atoms with E-state index in [2.05, 4.69) is 10.1 Å². The topological polar surface area (TPSA) is 74.2 Å². The number of hydrogen-bond donors (Lipinski definition) is 1. The van der Waals surface area contributed by atoms with Gasteiger partial charge in [-0.25, -0.2) is 4.39 Å². The summed E-state index contributed by atoms with van der Waals surface area (Å²) >= 11 is 5.86. The number of halogens is 2. The Bertz CT molecular complexity index is 576. The van der Waals surface area contributed by atoms with Crippen LogP contribution in [-0.4, -0.2) is 23.4 Å². The van der Waals surface area contributed by atoms with E-state index in [1.165, 1.54) is 12.1 Å². The number of aromatic nitrogens is 2. The van der Waals surface area contributed by atoms with Gasteiger partial charge in [0.15, 0.2) is 5.82 Å². The molecule has 0 aliphatic rings. The maximum atomic E-state index is 13.4. The van der Waals surface area contributed by atoms with Gasteiger partial charge in [-0.3, -0.25) is 0 Å². The van der Waals surface area contributed by atoms with Gasteiger partial charge in [0, 0.05) is 6.61 Å². The van der Waals surface area contributed by atoms with Crippen molar-refractivity contribution in [2.24, 2.45) is 5.73 Å². The minimum Gasteiger partial charge on any atom is -0.379 e. The molecule has 0 spiro atoms. The molecular weight excluding hydrogens is 285 g/mol. The van der Waals surface area contributed by atoms with Crippen LogP contribution in [0.4, 0.5) is 4.39 Å². The van der Waals surface area contributed by atoms with Crippen molar-refractivity contribution < 1.29 is 13.7 Å². The molecule has 0 bridgehead atoms. The third-order valence-corrected chi connectivity index (χ3v) is 2.99. The summed E-state index contributed by atoms with van der Waals surface area (Å²) in [5, 5.41) is 3.71. The van der Waals surface area contributed by atoms with Crippen molar-refractivity contribution in [1.82, 2.24) is 10.1 Å². The van der Waals surface area contributed by atoms with Gasteiger partial charge in [-0.05, 0) is 18.6 Å². The first kappa shape index (κ1) is 14.9. The lowest BCUT2D eigenvalue weighted by Gasteiger charge is -2.06. The van der Waals surface area contributed by atoms with Gasteiger partial charge < -0.3 is 15.0 Å². The lowest BCUT2D eigenvalue weighted by atomic mass is 10.2. The monoisotopic (exact) mass is 299 g/mol. The minimum atomic E-state index is -0.542. The third-order valence-electron chi connectivity index (χ3n) is 2.60. The molecule has 2 N–H and O–H groups in total. The third kappa shape index (κ3) is 3.33. The summed E-state index contributed by atoms with van der Waals surface area (Å²) in [7, 11) is 0. The fraction of sp³-hybridized carbons (Fsp3) is 0.385. The number of ether oxygens (including phenoxy) is 1. The van der Waals surface area contributed by atoms with Crippen LogP contribution in [-0.2, 0) is 4.74 Å². The maximum Gasteiger partial charge on any atom is 0.259 e. The normalized spacial score (nSPS) is 12.6. The molecule has 1 atom stereocenters. The quantitative estimate of drug-likeness (QED) is 0.830. The van der Waals surface area contributed by atoms with Gasteiger partial charge in [-0.1, -0.05) is 29.7 Å². The van der Waals surface area contributed by atoms with Gasteiger partial charge in [-0.15, -0.1) is 0 Å². The molecule has 0 saturated carbocycles. The van der Waals surface area contributed by atoms with Gasteiger partial charge in [0.25, 0.3) is 5.89 Å². The molecule has 0 aliphatic carbocycles. The Morgan fingerprint density at radius 3 is 3.05 bits per heavy atom. The molecule has 0 radical (unpaired) electrons. The van der Waals surface area contributed by atoms with E-state index in [1.807, 2.05) is 6.92 Å². The summed E-state index contributed by atoms with van der Waals surface area (Å²) in [5.41, 5.74) is 6.22. The van der Waals surface area contributed by atoms with Crippen LogP contribution in [0.2, 0.25) is 5.02 Å². The number of hydrogen-bond acceptors (Lipinski definition) is 5. The fourth-order valence-electron chi connectivity index (χ4n) is 1.59. The van der Waals surface area contributed by atoms with Crippen LogP contribution in [0.1, 0.15) is 25.2 Å². The molecule has 5 nitrogen and oxygen atoms in total. The van der Waals surface area contributed by atoms with Gasteiger partial charge >= 0.3 is 0 Å². The second-order valence-electron chi connectivity index (χ2n) is 4.24. The lowest BCUT2D eigenvalue weighted by molar-refractivity contribution is 0.119. The van der Waals surface area contributed by atoms with Crippen LogP contribution in [0.5, 0.6) is 0 Å². The van der Waals surface area contributed by atoms with E-state index in [-0.39, 0.29) is 10.9 Å². The standard InChI is InChI=1S/C13H15ClFN3O2/c1-2-6-19-7-10(16)12-17-13(20-18-12)8-4-3-5-9(15)11(8)14/h3-5,10H,2,6-7,16H2,1H3. The summed E-state index contributed by atoms with van der Waals surface area (Å²) < 4.78 is 23.8. The first-order valence-corrected chi connectivity index (χ1v) is 6.62. The Morgan fingerprint density at radius 1 is 1.50 bits per heavy atom. The molecular formula is C13H15ClFN3O2. The smallest absolute Gasteiger partial charge is 0.259 e. The maximum absolute atomic E-state index is 13.4. The molecule has 1 unspecified atom stereocenters. The first-order chi connectivity index (χ1) is 9.63. The Kier molecular flexibility index (Phi) is 5.05. The zero-order valence-corrected chi connectivity index (χ0v) is 11.7. The number of nitrogens with zero attached hydrogens (tertiary/aromatic N) is 2. The zero-order valence-electron chi connectivity index (χ0n) is 11.0. The van der Waals surface area contributed by atoms with Crippen molar-refractivity contribution in [3.63, 3.8) is 0 Å². The summed E-state index contributed by atoms with van der Waals surface area (Å²) in [5.74, 6) is -0.105. The molecule has 2 aromatic rings. The van der Waals surface area contributed by atoms with Crippen molar-refractivity contribution in [1.29, 1.82) is 0 Å². The first-order valence-electron chi connectivity index (χ1n) is 6.24. The largest absolute Gasteiger partial charge is 0.379 e. The highest BCUT2D eigenvalue weighted by molar-refractivity contribution is 6.33. The molecule has 108 valence electrons. The van der Waals surface area contributed by atoms with Gasteiger partial charge in [0.2, 0.25) is 0 Å². The van der Waals surface area contributed by atoms with Crippen LogP contribution in [0.3, 0.4) is 0 Å². The van der Waals surface area contributed by atoms with Crippen molar-refractivity contribution >= 4 is 11.6 Å². The van der Waals surface area contributed by atoms with E-state index in [9.17, 15) is 4.39 Å². The molecule has 20 heavy (non-hydrogen) atoms. The SMILES string of the molecule is CCCOCC(N)c1noc(-c2cccc(F)c2Cl)n1. The molecule has 1 aromatic carbocycles.